The van der Waals surface area contributed by atoms with Crippen LogP contribution in [0, 0.1) is 0 Å². The number of fused-ring (bicyclic) bond motifs is 1. The average Bonchev–Trinajstić information content (AvgIpc) is 2.94. The Hall–Kier alpha value is -1.37. The molecule has 2 aromatic rings. The topological polar surface area (TPSA) is 62.2 Å². The first kappa shape index (κ1) is 25.9. The molecule has 1 heterocycles. The summed E-state index contributed by atoms with van der Waals surface area (Å²) in [6, 6.07) is 5.97. The number of hydrogen-bond acceptors (Lipinski definition) is 6. The Morgan fingerprint density at radius 1 is 1.06 bits per heavy atom. The summed E-state index contributed by atoms with van der Waals surface area (Å²) in [5.74, 6) is 0.748. The molecule has 0 aliphatic carbocycles. The Labute approximate surface area is 187 Å². The minimum atomic E-state index is -3.86. The molecule has 0 spiro atoms. The van der Waals surface area contributed by atoms with E-state index in [1.165, 1.54) is 5.56 Å². The molecule has 0 bridgehead atoms. The lowest BCUT2D eigenvalue weighted by Crippen LogP contribution is -2.25. The van der Waals surface area contributed by atoms with E-state index in [1.807, 2.05) is 65.2 Å². The van der Waals surface area contributed by atoms with Gasteiger partial charge >= 0.3 is 7.82 Å². The number of likely N-dealkylation sites (N-methyl/N-ethyl adjacent to an activating group) is 1. The highest BCUT2D eigenvalue weighted by atomic mass is 31.2. The van der Waals surface area contributed by atoms with Gasteiger partial charge in [0.15, 0.2) is 0 Å². The van der Waals surface area contributed by atoms with Gasteiger partial charge < -0.3 is 14.2 Å². The van der Waals surface area contributed by atoms with Crippen LogP contribution < -0.4 is 4.74 Å². The van der Waals surface area contributed by atoms with Gasteiger partial charge in [-0.05, 0) is 86.7 Å². The van der Waals surface area contributed by atoms with Gasteiger partial charge in [0, 0.05) is 24.2 Å². The quantitative estimate of drug-likeness (QED) is 0.431. The molecule has 0 saturated heterocycles. The second-order valence-electron chi connectivity index (χ2n) is 10.1. The largest absolute Gasteiger partial charge is 0.497 e. The van der Waals surface area contributed by atoms with Crippen LogP contribution in [0.15, 0.2) is 24.4 Å². The molecule has 0 radical (unpaired) electrons. The molecular formula is C23H39N2O5P. The number of phosphoric ester groups is 1. The molecule has 8 heteroatoms. The molecule has 176 valence electrons. The van der Waals surface area contributed by atoms with Crippen molar-refractivity contribution in [3.63, 3.8) is 0 Å². The lowest BCUT2D eigenvalue weighted by molar-refractivity contribution is -0.0197. The first-order valence-electron chi connectivity index (χ1n) is 10.6. The van der Waals surface area contributed by atoms with E-state index in [0.717, 1.165) is 29.6 Å². The first-order valence-corrected chi connectivity index (χ1v) is 12.1. The zero-order chi connectivity index (χ0) is 23.6. The van der Waals surface area contributed by atoms with Crippen LogP contribution in [0.5, 0.6) is 5.75 Å². The number of ether oxygens (including phenoxy) is 1. The van der Waals surface area contributed by atoms with Gasteiger partial charge in [-0.3, -0.25) is 13.6 Å². The third kappa shape index (κ3) is 7.62. The van der Waals surface area contributed by atoms with Crippen molar-refractivity contribution in [1.82, 2.24) is 9.47 Å². The number of methoxy groups -OCH3 is 1. The number of benzene rings is 1. The van der Waals surface area contributed by atoms with Crippen molar-refractivity contribution in [3.8, 4) is 5.75 Å². The van der Waals surface area contributed by atoms with E-state index in [0.29, 0.717) is 0 Å². The summed E-state index contributed by atoms with van der Waals surface area (Å²) >= 11 is 0. The Balaban J connectivity index is 2.46. The third-order valence-corrected chi connectivity index (χ3v) is 6.50. The summed E-state index contributed by atoms with van der Waals surface area (Å²) in [6.45, 7) is 13.7. The molecule has 0 aliphatic heterocycles. The van der Waals surface area contributed by atoms with Crippen molar-refractivity contribution >= 4 is 18.7 Å². The highest BCUT2D eigenvalue weighted by molar-refractivity contribution is 7.48. The van der Waals surface area contributed by atoms with E-state index in [-0.39, 0.29) is 0 Å². The van der Waals surface area contributed by atoms with E-state index in [2.05, 4.69) is 31.3 Å². The highest BCUT2D eigenvalue weighted by Crippen LogP contribution is 2.57. The van der Waals surface area contributed by atoms with Crippen LogP contribution in [0.4, 0.5) is 0 Å². The fraction of sp³-hybridized carbons (Fsp3) is 0.652. The van der Waals surface area contributed by atoms with E-state index < -0.39 is 25.3 Å². The van der Waals surface area contributed by atoms with Gasteiger partial charge in [-0.2, -0.15) is 0 Å². The van der Waals surface area contributed by atoms with Gasteiger partial charge in [-0.1, -0.05) is 0 Å². The summed E-state index contributed by atoms with van der Waals surface area (Å²) in [4.78, 5) is 2.15. The summed E-state index contributed by atoms with van der Waals surface area (Å²) in [7, 11) is 1.89. The molecule has 1 aromatic heterocycles. The number of phosphoric acid groups is 1. The molecule has 0 saturated carbocycles. The van der Waals surface area contributed by atoms with E-state index >= 15 is 0 Å². The minimum absolute atomic E-state index is 0.585. The van der Waals surface area contributed by atoms with Crippen molar-refractivity contribution in [2.75, 3.05) is 27.7 Å². The lowest BCUT2D eigenvalue weighted by Gasteiger charge is -2.32. The standard InChI is InChI=1S/C23H39N2O5P/c1-17(28-31(26,29-22(2,3)4)30-23(5,6)7)25-16-18(13-14-24(8)9)20-12-11-19(27-10)15-21(20)25/h11-12,15-17H,13-14H2,1-10H3. The van der Waals surface area contributed by atoms with Crippen molar-refractivity contribution < 1.29 is 22.9 Å². The Morgan fingerprint density at radius 3 is 2.13 bits per heavy atom. The molecule has 2 rings (SSSR count). The van der Waals surface area contributed by atoms with Crippen LogP contribution in [0.25, 0.3) is 10.9 Å². The van der Waals surface area contributed by atoms with E-state index in [9.17, 15) is 4.57 Å². The van der Waals surface area contributed by atoms with Gasteiger partial charge in [0.25, 0.3) is 0 Å². The molecule has 1 atom stereocenters. The number of rotatable bonds is 9. The molecule has 7 nitrogen and oxygen atoms in total. The molecule has 0 N–H and O–H groups in total. The van der Waals surface area contributed by atoms with Gasteiger partial charge in [0.1, 0.15) is 12.0 Å². The van der Waals surface area contributed by atoms with Crippen LogP contribution >= 0.6 is 7.82 Å². The number of nitrogens with zero attached hydrogens (tertiary/aromatic N) is 2. The predicted molar refractivity (Wildman–Crippen MR) is 126 cm³/mol. The Bertz CT molecular complexity index is 904. The van der Waals surface area contributed by atoms with E-state index in [1.54, 1.807) is 7.11 Å². The van der Waals surface area contributed by atoms with Crippen molar-refractivity contribution in [1.29, 1.82) is 0 Å². The third-order valence-electron chi connectivity index (χ3n) is 4.40. The SMILES string of the molecule is COc1ccc2c(CCN(C)C)cn(C(C)OP(=O)(OC(C)(C)C)OC(C)(C)C)c2c1. The van der Waals surface area contributed by atoms with Crippen LogP contribution in [0.2, 0.25) is 0 Å². The van der Waals surface area contributed by atoms with Crippen molar-refractivity contribution in [2.45, 2.75) is 72.3 Å². The Morgan fingerprint density at radius 2 is 1.65 bits per heavy atom. The fourth-order valence-electron chi connectivity index (χ4n) is 3.24. The van der Waals surface area contributed by atoms with Crippen molar-refractivity contribution in [2.24, 2.45) is 0 Å². The number of aromatic nitrogens is 1. The molecule has 31 heavy (non-hydrogen) atoms. The second kappa shape index (κ2) is 9.63. The molecule has 0 fully saturated rings. The molecule has 0 aliphatic rings. The van der Waals surface area contributed by atoms with E-state index in [4.69, 9.17) is 18.3 Å². The fourth-order valence-corrected chi connectivity index (χ4v) is 5.18. The normalized spacial score (nSPS) is 14.4. The predicted octanol–water partition coefficient (Wildman–Crippen LogP) is 6.03. The molecular weight excluding hydrogens is 415 g/mol. The smallest absolute Gasteiger partial charge is 0.477 e. The Kier molecular flexibility index (Phi) is 8.05. The van der Waals surface area contributed by atoms with Gasteiger partial charge in [0.2, 0.25) is 0 Å². The maximum absolute atomic E-state index is 13.6. The zero-order valence-electron chi connectivity index (χ0n) is 20.7. The summed E-state index contributed by atoms with van der Waals surface area (Å²) in [5, 5.41) is 1.11. The summed E-state index contributed by atoms with van der Waals surface area (Å²) in [6.07, 6.45) is 2.35. The van der Waals surface area contributed by atoms with Crippen molar-refractivity contribution in [3.05, 3.63) is 30.0 Å². The van der Waals surface area contributed by atoms with Crippen LogP contribution in [0.3, 0.4) is 0 Å². The monoisotopic (exact) mass is 454 g/mol. The van der Waals surface area contributed by atoms with Gasteiger partial charge in [0.05, 0.1) is 23.8 Å². The second-order valence-corrected chi connectivity index (χ2v) is 11.5. The van der Waals surface area contributed by atoms with Gasteiger partial charge in [-0.15, -0.1) is 0 Å². The van der Waals surface area contributed by atoms with Crippen LogP contribution in [-0.4, -0.2) is 48.4 Å². The molecule has 1 unspecified atom stereocenters. The molecule has 1 aromatic carbocycles. The van der Waals surface area contributed by atoms with Gasteiger partial charge in [-0.25, -0.2) is 4.57 Å². The highest BCUT2D eigenvalue weighted by Gasteiger charge is 2.39. The van der Waals surface area contributed by atoms with Crippen LogP contribution in [-0.2, 0) is 24.6 Å². The molecule has 0 amide bonds. The van der Waals surface area contributed by atoms with Crippen LogP contribution in [0.1, 0.15) is 60.3 Å². The zero-order valence-corrected chi connectivity index (χ0v) is 21.6. The maximum atomic E-state index is 13.6. The lowest BCUT2D eigenvalue weighted by atomic mass is 10.1. The summed E-state index contributed by atoms with van der Waals surface area (Å²) < 4.78 is 38.6. The first-order chi connectivity index (χ1) is 14.1. The maximum Gasteiger partial charge on any atom is 0.477 e. The summed E-state index contributed by atoms with van der Waals surface area (Å²) in [5.41, 5.74) is 0.738. The minimum Gasteiger partial charge on any atom is -0.497 e. The number of hydrogen-bond donors (Lipinski definition) is 0. The average molecular weight is 455 g/mol.